The molecular weight excluding hydrogens is 280 g/mol. The third kappa shape index (κ3) is 3.88. The zero-order valence-electron chi connectivity index (χ0n) is 12.9. The van der Waals surface area contributed by atoms with E-state index in [0.717, 1.165) is 27.3 Å². The molecule has 0 saturated carbocycles. The first-order valence-corrected chi connectivity index (χ1v) is 7.87. The van der Waals surface area contributed by atoms with Crippen molar-refractivity contribution in [2.45, 2.75) is 25.7 Å². The number of hydrogen-bond acceptors (Lipinski definition) is 3. The number of carbonyl (C=O) groups is 1. The molecule has 2 nitrogen and oxygen atoms in total. The van der Waals surface area contributed by atoms with Crippen LogP contribution in [0.1, 0.15) is 27.0 Å². The highest BCUT2D eigenvalue weighted by Gasteiger charge is 2.11. The van der Waals surface area contributed by atoms with Crippen molar-refractivity contribution >= 4 is 17.5 Å². The van der Waals surface area contributed by atoms with Crippen molar-refractivity contribution in [2.24, 2.45) is 0 Å². The Morgan fingerprint density at radius 2 is 1.76 bits per heavy atom. The fraction of sp³-hybridized carbons (Fsp3) is 0.278. The highest BCUT2D eigenvalue weighted by atomic mass is 32.2. The molecule has 21 heavy (non-hydrogen) atoms. The first-order chi connectivity index (χ1) is 10.0. The van der Waals surface area contributed by atoms with Gasteiger partial charge < -0.3 is 4.74 Å². The molecule has 110 valence electrons. The molecule has 0 heterocycles. The van der Waals surface area contributed by atoms with E-state index in [2.05, 4.69) is 13.0 Å². The first-order valence-electron chi connectivity index (χ1n) is 6.89. The van der Waals surface area contributed by atoms with Crippen molar-refractivity contribution in [1.82, 2.24) is 0 Å². The molecule has 0 aliphatic rings. The molecule has 0 spiro atoms. The number of Topliss-reactive ketones (excluding diaryl/α,β-unsaturated/α-hetero) is 1. The molecule has 2 aromatic rings. The molecule has 0 aromatic heterocycles. The number of aryl methyl sites for hydroxylation is 3. The van der Waals surface area contributed by atoms with E-state index in [1.54, 1.807) is 18.9 Å². The summed E-state index contributed by atoms with van der Waals surface area (Å²) >= 11 is 1.54. The monoisotopic (exact) mass is 300 g/mol. The molecule has 2 rings (SSSR count). The lowest BCUT2D eigenvalue weighted by atomic mass is 9.99. The second-order valence-corrected chi connectivity index (χ2v) is 6.19. The molecule has 0 radical (unpaired) electrons. The molecule has 0 aliphatic carbocycles. The van der Waals surface area contributed by atoms with Crippen molar-refractivity contribution in [3.8, 4) is 5.75 Å². The summed E-state index contributed by atoms with van der Waals surface area (Å²) in [6, 6.07) is 11.9. The van der Waals surface area contributed by atoms with Gasteiger partial charge in [0, 0.05) is 10.5 Å². The van der Waals surface area contributed by atoms with Gasteiger partial charge in [-0.2, -0.15) is 0 Å². The minimum atomic E-state index is 0.170. The number of carbonyl (C=O) groups excluding carboxylic acids is 1. The zero-order chi connectivity index (χ0) is 15.4. The quantitative estimate of drug-likeness (QED) is 0.596. The standard InChI is InChI=1S/C18H20O2S/c1-12-8-14(3)17(9-13(12)2)18(19)11-21-16-7-5-6-15(10-16)20-4/h5-10H,11H2,1-4H3. The molecule has 3 heteroatoms. The van der Waals surface area contributed by atoms with Crippen LogP contribution in [0.3, 0.4) is 0 Å². The maximum Gasteiger partial charge on any atom is 0.173 e. The van der Waals surface area contributed by atoms with E-state index in [-0.39, 0.29) is 5.78 Å². The second-order valence-electron chi connectivity index (χ2n) is 5.14. The smallest absolute Gasteiger partial charge is 0.173 e. The Morgan fingerprint density at radius 3 is 2.48 bits per heavy atom. The van der Waals surface area contributed by atoms with Crippen LogP contribution in [-0.2, 0) is 0 Å². The summed E-state index contributed by atoms with van der Waals surface area (Å²) in [6.45, 7) is 6.11. The maximum absolute atomic E-state index is 12.4. The van der Waals surface area contributed by atoms with E-state index in [9.17, 15) is 4.79 Å². The maximum atomic E-state index is 12.4. The van der Waals surface area contributed by atoms with Crippen molar-refractivity contribution < 1.29 is 9.53 Å². The molecule has 0 fully saturated rings. The van der Waals surface area contributed by atoms with E-state index in [0.29, 0.717) is 5.75 Å². The molecule has 0 saturated heterocycles. The van der Waals surface area contributed by atoms with E-state index < -0.39 is 0 Å². The number of thioether (sulfide) groups is 1. The van der Waals surface area contributed by atoms with Crippen LogP contribution in [0.4, 0.5) is 0 Å². The SMILES string of the molecule is COc1cccc(SCC(=O)c2cc(C)c(C)cc2C)c1. The predicted octanol–water partition coefficient (Wildman–Crippen LogP) is 4.60. The Hall–Kier alpha value is -1.74. The number of methoxy groups -OCH3 is 1. The number of ether oxygens (including phenoxy) is 1. The molecule has 0 atom stereocenters. The van der Waals surface area contributed by atoms with Gasteiger partial charge in [-0.1, -0.05) is 12.1 Å². The lowest BCUT2D eigenvalue weighted by molar-refractivity contribution is 0.102. The van der Waals surface area contributed by atoms with E-state index in [4.69, 9.17) is 4.74 Å². The topological polar surface area (TPSA) is 26.3 Å². The minimum absolute atomic E-state index is 0.170. The summed E-state index contributed by atoms with van der Waals surface area (Å²) in [4.78, 5) is 13.5. The third-order valence-corrected chi connectivity index (χ3v) is 4.55. The number of hydrogen-bond donors (Lipinski definition) is 0. The van der Waals surface area contributed by atoms with Crippen molar-refractivity contribution in [3.05, 3.63) is 58.7 Å². The lowest BCUT2D eigenvalue weighted by Gasteiger charge is -2.09. The number of benzene rings is 2. The van der Waals surface area contributed by atoms with Crippen LogP contribution in [0.2, 0.25) is 0 Å². The molecule has 0 aliphatic heterocycles. The second kappa shape index (κ2) is 6.81. The van der Waals surface area contributed by atoms with Crippen LogP contribution in [-0.4, -0.2) is 18.6 Å². The summed E-state index contributed by atoms with van der Waals surface area (Å²) in [6.07, 6.45) is 0. The van der Waals surface area contributed by atoms with Gasteiger partial charge in [0.1, 0.15) is 5.75 Å². The van der Waals surface area contributed by atoms with Crippen molar-refractivity contribution in [3.63, 3.8) is 0 Å². The molecule has 0 amide bonds. The molecular formula is C18H20O2S. The average molecular weight is 300 g/mol. The van der Waals surface area contributed by atoms with Gasteiger partial charge in [0.25, 0.3) is 0 Å². The van der Waals surface area contributed by atoms with Crippen LogP contribution >= 0.6 is 11.8 Å². The fourth-order valence-corrected chi connectivity index (χ4v) is 3.01. The zero-order valence-corrected chi connectivity index (χ0v) is 13.7. The Bertz CT molecular complexity index is 662. The van der Waals surface area contributed by atoms with Crippen LogP contribution in [0.5, 0.6) is 5.75 Å². The van der Waals surface area contributed by atoms with Gasteiger partial charge in [-0.05, 0) is 61.7 Å². The summed E-state index contributed by atoms with van der Waals surface area (Å²) in [5.74, 6) is 1.43. The van der Waals surface area contributed by atoms with Gasteiger partial charge in [-0.25, -0.2) is 0 Å². The first kappa shape index (κ1) is 15.6. The van der Waals surface area contributed by atoms with Gasteiger partial charge in [0.15, 0.2) is 5.78 Å². The largest absolute Gasteiger partial charge is 0.497 e. The summed E-state index contributed by atoms with van der Waals surface area (Å²) in [5, 5.41) is 0. The van der Waals surface area contributed by atoms with Gasteiger partial charge in [0.05, 0.1) is 12.9 Å². The molecule has 0 N–H and O–H groups in total. The van der Waals surface area contributed by atoms with Gasteiger partial charge in [-0.3, -0.25) is 4.79 Å². The molecule has 2 aromatic carbocycles. The van der Waals surface area contributed by atoms with Crippen molar-refractivity contribution in [2.75, 3.05) is 12.9 Å². The summed E-state index contributed by atoms with van der Waals surface area (Å²) in [7, 11) is 1.65. The van der Waals surface area contributed by atoms with Gasteiger partial charge >= 0.3 is 0 Å². The fourth-order valence-electron chi connectivity index (χ4n) is 2.18. The third-order valence-electron chi connectivity index (χ3n) is 3.55. The van der Waals surface area contributed by atoms with Crippen LogP contribution < -0.4 is 4.74 Å². The van der Waals surface area contributed by atoms with E-state index in [1.165, 1.54) is 5.56 Å². The minimum Gasteiger partial charge on any atom is -0.497 e. The average Bonchev–Trinajstić information content (AvgIpc) is 2.48. The number of rotatable bonds is 5. The Labute approximate surface area is 130 Å². The Kier molecular flexibility index (Phi) is 5.07. The van der Waals surface area contributed by atoms with Crippen LogP contribution in [0, 0.1) is 20.8 Å². The molecule has 0 bridgehead atoms. The normalized spacial score (nSPS) is 10.5. The Balaban J connectivity index is 2.10. The van der Waals surface area contributed by atoms with Crippen molar-refractivity contribution in [1.29, 1.82) is 0 Å². The van der Waals surface area contributed by atoms with Gasteiger partial charge in [-0.15, -0.1) is 11.8 Å². The predicted molar refractivity (Wildman–Crippen MR) is 88.7 cm³/mol. The van der Waals surface area contributed by atoms with Crippen LogP contribution in [0.15, 0.2) is 41.3 Å². The van der Waals surface area contributed by atoms with E-state index in [1.807, 2.05) is 44.2 Å². The van der Waals surface area contributed by atoms with Crippen LogP contribution in [0.25, 0.3) is 0 Å². The summed E-state index contributed by atoms with van der Waals surface area (Å²) in [5.41, 5.74) is 4.27. The highest BCUT2D eigenvalue weighted by Crippen LogP contribution is 2.24. The van der Waals surface area contributed by atoms with Gasteiger partial charge in [0.2, 0.25) is 0 Å². The van der Waals surface area contributed by atoms with E-state index >= 15 is 0 Å². The molecule has 0 unspecified atom stereocenters. The lowest BCUT2D eigenvalue weighted by Crippen LogP contribution is -2.06. The summed E-state index contributed by atoms with van der Waals surface area (Å²) < 4.78 is 5.20. The highest BCUT2D eigenvalue weighted by molar-refractivity contribution is 8.00. The Morgan fingerprint density at radius 1 is 1.05 bits per heavy atom. The number of ketones is 1.